The highest BCUT2D eigenvalue weighted by Gasteiger charge is 2.24. The van der Waals surface area contributed by atoms with Crippen LogP contribution in [0.25, 0.3) is 0 Å². The Morgan fingerprint density at radius 3 is 2.65 bits per heavy atom. The van der Waals surface area contributed by atoms with Crippen molar-refractivity contribution in [3.05, 3.63) is 70.6 Å². The van der Waals surface area contributed by atoms with Gasteiger partial charge in [-0.3, -0.25) is 14.4 Å². The molecule has 0 radical (unpaired) electrons. The molecule has 0 unspecified atom stereocenters. The van der Waals surface area contributed by atoms with E-state index in [0.29, 0.717) is 17.3 Å². The van der Waals surface area contributed by atoms with Crippen molar-refractivity contribution < 1.29 is 4.79 Å². The number of nitrogens with zero attached hydrogens (tertiary/aromatic N) is 5. The molecule has 1 aromatic carbocycles. The molecule has 3 aromatic rings. The van der Waals surface area contributed by atoms with Gasteiger partial charge in [0.1, 0.15) is 10.2 Å². The van der Waals surface area contributed by atoms with Gasteiger partial charge >= 0.3 is 0 Å². The Bertz CT molecular complexity index is 1060. The minimum absolute atomic E-state index is 0.0453. The van der Waals surface area contributed by atoms with E-state index in [-0.39, 0.29) is 5.91 Å². The van der Waals surface area contributed by atoms with Gasteiger partial charge in [0.15, 0.2) is 0 Å². The van der Waals surface area contributed by atoms with Gasteiger partial charge in [-0.1, -0.05) is 41.6 Å². The number of aryl methyl sites for hydroxylation is 2. The third-order valence-corrected chi connectivity index (χ3v) is 6.99. The molecule has 2 aromatic heterocycles. The number of rotatable bonds is 5. The maximum absolute atomic E-state index is 13.4. The SMILES string of the molecule is Cc1nn(C)c(Cl)c1CN1CCCN(C(=O)c2cccnc2Sc2ccccc2)CC1. The lowest BCUT2D eigenvalue weighted by atomic mass is 10.2. The Morgan fingerprint density at radius 1 is 1.10 bits per heavy atom. The molecule has 1 amide bonds. The van der Waals surface area contributed by atoms with Gasteiger partial charge in [0, 0.05) is 56.4 Å². The molecule has 6 nitrogen and oxygen atoms in total. The molecule has 1 saturated heterocycles. The van der Waals surface area contributed by atoms with Crippen LogP contribution >= 0.6 is 23.4 Å². The van der Waals surface area contributed by atoms with Gasteiger partial charge in [-0.15, -0.1) is 0 Å². The summed E-state index contributed by atoms with van der Waals surface area (Å²) >= 11 is 7.94. The maximum Gasteiger partial charge on any atom is 0.256 e. The number of hydrogen-bond acceptors (Lipinski definition) is 5. The van der Waals surface area contributed by atoms with E-state index in [4.69, 9.17) is 11.6 Å². The zero-order valence-electron chi connectivity index (χ0n) is 17.8. The standard InChI is InChI=1S/C23H26ClN5OS/c1-17-20(21(24)27(2)26-17)16-28-12-7-13-29(15-14-28)23(30)19-10-6-11-25-22(19)31-18-8-4-3-5-9-18/h3-6,8-11H,7,12-16H2,1-2H3. The summed E-state index contributed by atoms with van der Waals surface area (Å²) < 4.78 is 1.72. The minimum Gasteiger partial charge on any atom is -0.337 e. The number of amides is 1. The third kappa shape index (κ3) is 5.11. The fraction of sp³-hybridized carbons (Fsp3) is 0.348. The number of aromatic nitrogens is 3. The van der Waals surface area contributed by atoms with E-state index in [1.165, 1.54) is 11.8 Å². The number of carbonyl (C=O) groups is 1. The summed E-state index contributed by atoms with van der Waals surface area (Å²) in [5.74, 6) is 0.0453. The first kappa shape index (κ1) is 21.9. The third-order valence-electron chi connectivity index (χ3n) is 5.49. The summed E-state index contributed by atoms with van der Waals surface area (Å²) in [5.41, 5.74) is 2.69. The molecule has 1 aliphatic rings. The number of halogens is 1. The Labute approximate surface area is 192 Å². The summed E-state index contributed by atoms with van der Waals surface area (Å²) in [5, 5.41) is 5.85. The summed E-state index contributed by atoms with van der Waals surface area (Å²) in [6, 6.07) is 13.7. The van der Waals surface area contributed by atoms with E-state index in [9.17, 15) is 4.79 Å². The van der Waals surface area contributed by atoms with Crippen LogP contribution in [-0.4, -0.2) is 56.7 Å². The van der Waals surface area contributed by atoms with Crippen molar-refractivity contribution >= 4 is 29.3 Å². The van der Waals surface area contributed by atoms with Gasteiger partial charge in [0.25, 0.3) is 5.91 Å². The van der Waals surface area contributed by atoms with Crippen molar-refractivity contribution in [2.24, 2.45) is 7.05 Å². The Balaban J connectivity index is 1.44. The first-order valence-corrected chi connectivity index (χ1v) is 11.6. The number of carbonyl (C=O) groups excluding carboxylic acids is 1. The highest BCUT2D eigenvalue weighted by atomic mass is 35.5. The molecule has 0 aliphatic carbocycles. The molecule has 0 spiro atoms. The molecular weight excluding hydrogens is 430 g/mol. The highest BCUT2D eigenvalue weighted by molar-refractivity contribution is 7.99. The van der Waals surface area contributed by atoms with Gasteiger partial charge in [0.05, 0.1) is 11.3 Å². The molecule has 31 heavy (non-hydrogen) atoms. The fourth-order valence-electron chi connectivity index (χ4n) is 3.81. The molecule has 0 N–H and O–H groups in total. The molecule has 1 aliphatic heterocycles. The lowest BCUT2D eigenvalue weighted by molar-refractivity contribution is 0.0757. The van der Waals surface area contributed by atoms with E-state index < -0.39 is 0 Å². The minimum atomic E-state index is 0.0453. The molecule has 8 heteroatoms. The summed E-state index contributed by atoms with van der Waals surface area (Å²) in [7, 11) is 1.86. The van der Waals surface area contributed by atoms with Crippen LogP contribution in [0, 0.1) is 6.92 Å². The predicted octanol–water partition coefficient (Wildman–Crippen LogP) is 4.28. The van der Waals surface area contributed by atoms with Gasteiger partial charge in [-0.25, -0.2) is 4.98 Å². The van der Waals surface area contributed by atoms with Crippen LogP contribution in [0.15, 0.2) is 58.6 Å². The van der Waals surface area contributed by atoms with Crippen LogP contribution in [0.5, 0.6) is 0 Å². The van der Waals surface area contributed by atoms with Crippen LogP contribution in [-0.2, 0) is 13.6 Å². The molecule has 162 valence electrons. The van der Waals surface area contributed by atoms with Crippen molar-refractivity contribution in [3.8, 4) is 0 Å². The maximum atomic E-state index is 13.4. The smallest absolute Gasteiger partial charge is 0.256 e. The highest BCUT2D eigenvalue weighted by Crippen LogP contribution is 2.29. The predicted molar refractivity (Wildman–Crippen MR) is 124 cm³/mol. The van der Waals surface area contributed by atoms with E-state index in [1.54, 1.807) is 10.9 Å². The molecule has 0 saturated carbocycles. The van der Waals surface area contributed by atoms with Crippen molar-refractivity contribution in [1.82, 2.24) is 24.6 Å². The molecule has 3 heterocycles. The Morgan fingerprint density at radius 2 is 1.90 bits per heavy atom. The number of pyridine rings is 1. The van der Waals surface area contributed by atoms with Crippen LogP contribution in [0.3, 0.4) is 0 Å². The topological polar surface area (TPSA) is 54.3 Å². The van der Waals surface area contributed by atoms with Crippen molar-refractivity contribution in [2.45, 2.75) is 29.8 Å². The average Bonchev–Trinajstić information content (AvgIpc) is 2.94. The zero-order valence-corrected chi connectivity index (χ0v) is 19.4. The number of benzene rings is 1. The van der Waals surface area contributed by atoms with Gasteiger partial charge < -0.3 is 4.90 Å². The van der Waals surface area contributed by atoms with Crippen molar-refractivity contribution in [1.29, 1.82) is 0 Å². The first-order chi connectivity index (χ1) is 15.0. The molecular formula is C23H26ClN5OS. The molecule has 1 fully saturated rings. The molecule has 0 atom stereocenters. The first-order valence-electron chi connectivity index (χ1n) is 10.4. The summed E-state index contributed by atoms with van der Waals surface area (Å²) in [6.07, 6.45) is 2.66. The normalized spacial score (nSPS) is 15.1. The second kappa shape index (κ2) is 9.85. The van der Waals surface area contributed by atoms with Crippen molar-refractivity contribution in [3.63, 3.8) is 0 Å². The lowest BCUT2D eigenvalue weighted by Gasteiger charge is -2.22. The summed E-state index contributed by atoms with van der Waals surface area (Å²) in [4.78, 5) is 23.2. The second-order valence-corrected chi connectivity index (χ2v) is 9.09. The van der Waals surface area contributed by atoms with Crippen LogP contribution in [0.2, 0.25) is 5.15 Å². The lowest BCUT2D eigenvalue weighted by Crippen LogP contribution is -2.35. The quantitative estimate of drug-likeness (QED) is 0.574. The second-order valence-electron chi connectivity index (χ2n) is 7.67. The van der Waals surface area contributed by atoms with Crippen LogP contribution < -0.4 is 0 Å². The van der Waals surface area contributed by atoms with Crippen LogP contribution in [0.4, 0.5) is 0 Å². The average molecular weight is 456 g/mol. The van der Waals surface area contributed by atoms with Gasteiger partial charge in [-0.2, -0.15) is 5.10 Å². The van der Waals surface area contributed by atoms with E-state index in [1.807, 2.05) is 61.3 Å². The Hall–Kier alpha value is -2.35. The van der Waals surface area contributed by atoms with Gasteiger partial charge in [-0.05, 0) is 37.6 Å². The molecule has 0 bridgehead atoms. The number of hydrogen-bond donors (Lipinski definition) is 0. The van der Waals surface area contributed by atoms with Crippen molar-refractivity contribution in [2.75, 3.05) is 26.2 Å². The molecule has 4 rings (SSSR count). The fourth-order valence-corrected chi connectivity index (χ4v) is 4.94. The zero-order chi connectivity index (χ0) is 21.8. The van der Waals surface area contributed by atoms with Crippen LogP contribution in [0.1, 0.15) is 28.0 Å². The van der Waals surface area contributed by atoms with E-state index in [2.05, 4.69) is 15.0 Å². The van der Waals surface area contributed by atoms with E-state index >= 15 is 0 Å². The summed E-state index contributed by atoms with van der Waals surface area (Å²) in [6.45, 7) is 5.89. The Kier molecular flexibility index (Phi) is 6.95. The monoisotopic (exact) mass is 455 g/mol. The van der Waals surface area contributed by atoms with Gasteiger partial charge in [0.2, 0.25) is 0 Å². The largest absolute Gasteiger partial charge is 0.337 e. The van der Waals surface area contributed by atoms with E-state index in [0.717, 1.165) is 53.8 Å².